The molecule has 4 N–H and O–H groups in total. The van der Waals surface area contributed by atoms with Gasteiger partial charge in [0.15, 0.2) is 5.96 Å². The van der Waals surface area contributed by atoms with Crippen molar-refractivity contribution in [3.05, 3.63) is 57.8 Å². The lowest BCUT2D eigenvalue weighted by Gasteiger charge is -2.15. The highest BCUT2D eigenvalue weighted by atomic mass is 35.5. The molecule has 1 amide bonds. The van der Waals surface area contributed by atoms with E-state index in [2.05, 4.69) is 9.98 Å². The maximum absolute atomic E-state index is 13.6. The number of nitrogens with two attached hydrogens (primary N) is 2. The molecule has 3 rings (SSSR count). The number of amides is 1. The van der Waals surface area contributed by atoms with Crippen LogP contribution < -0.4 is 11.5 Å². The molecule has 0 aliphatic rings. The molecule has 0 radical (unpaired) electrons. The number of nitrogens with zero attached hydrogens (tertiary/aromatic N) is 3. The molecule has 0 aliphatic heterocycles. The first kappa shape index (κ1) is 19.0. The molecule has 27 heavy (non-hydrogen) atoms. The van der Waals surface area contributed by atoms with Crippen molar-refractivity contribution in [2.75, 3.05) is 0 Å². The second kappa shape index (κ2) is 6.75. The second-order valence-corrected chi connectivity index (χ2v) is 6.26. The quantitative estimate of drug-likeness (QED) is 0.491. The molecule has 140 valence electrons. The zero-order valence-corrected chi connectivity index (χ0v) is 14.8. The number of carbonyl (C=O) groups excluding carboxylic acids is 1. The summed E-state index contributed by atoms with van der Waals surface area (Å²) in [7, 11) is 0. The van der Waals surface area contributed by atoms with Crippen LogP contribution in [0.5, 0.6) is 0 Å². The molecule has 6 nitrogen and oxygen atoms in total. The Bertz CT molecular complexity index is 1090. The average Bonchev–Trinajstić information content (AvgIpc) is 2.96. The summed E-state index contributed by atoms with van der Waals surface area (Å²) < 4.78 is 42.0. The molecule has 0 saturated carbocycles. The molecule has 0 saturated heterocycles. The van der Waals surface area contributed by atoms with Gasteiger partial charge in [-0.3, -0.25) is 9.36 Å². The highest BCUT2D eigenvalue weighted by Crippen LogP contribution is 2.36. The van der Waals surface area contributed by atoms with E-state index in [0.29, 0.717) is 17.1 Å². The number of hydrogen-bond donors (Lipinski definition) is 2. The lowest BCUT2D eigenvalue weighted by Crippen LogP contribution is -2.24. The van der Waals surface area contributed by atoms with E-state index >= 15 is 0 Å². The highest BCUT2D eigenvalue weighted by molar-refractivity contribution is 6.42. The van der Waals surface area contributed by atoms with E-state index < -0.39 is 23.6 Å². The van der Waals surface area contributed by atoms with E-state index in [-0.39, 0.29) is 21.3 Å². The molecule has 0 aliphatic carbocycles. The van der Waals surface area contributed by atoms with Crippen molar-refractivity contribution in [2.45, 2.75) is 6.18 Å². The Morgan fingerprint density at radius 1 is 1.11 bits per heavy atom. The van der Waals surface area contributed by atoms with Gasteiger partial charge in [-0.05, 0) is 30.3 Å². The number of guanidine groups is 1. The molecule has 0 unspecified atom stereocenters. The Labute approximate surface area is 160 Å². The molecule has 1 aromatic heterocycles. The van der Waals surface area contributed by atoms with Crippen LogP contribution >= 0.6 is 23.2 Å². The summed E-state index contributed by atoms with van der Waals surface area (Å²) in [6, 6.07) is 5.84. The van der Waals surface area contributed by atoms with E-state index in [1.165, 1.54) is 29.1 Å². The zero-order chi connectivity index (χ0) is 19.9. The number of halogens is 5. The van der Waals surface area contributed by atoms with Crippen LogP contribution in [0.1, 0.15) is 15.9 Å². The molecular formula is C16H10Cl2F3N5O. The lowest BCUT2D eigenvalue weighted by molar-refractivity contribution is -0.137. The van der Waals surface area contributed by atoms with Crippen LogP contribution in [-0.4, -0.2) is 21.4 Å². The second-order valence-electron chi connectivity index (χ2n) is 5.44. The standard InChI is InChI=1S/C16H10Cl2F3N5O/c17-9-4-11-13(5-10(9)18)26(6-24-11)12-2-1-7(14(27)25-15(22)23)3-8(12)16(19,20)21/h1-6H,(H4,22,23,25,27). The topological polar surface area (TPSA) is 99.3 Å². The van der Waals surface area contributed by atoms with Gasteiger partial charge < -0.3 is 11.5 Å². The van der Waals surface area contributed by atoms with Crippen LogP contribution in [0, 0.1) is 0 Å². The van der Waals surface area contributed by atoms with Crippen molar-refractivity contribution in [3.63, 3.8) is 0 Å². The Hall–Kier alpha value is -2.78. The number of aromatic nitrogens is 2. The lowest BCUT2D eigenvalue weighted by atomic mass is 10.1. The minimum atomic E-state index is -4.75. The molecule has 0 spiro atoms. The summed E-state index contributed by atoms with van der Waals surface area (Å²) in [4.78, 5) is 19.2. The van der Waals surface area contributed by atoms with Gasteiger partial charge in [0, 0.05) is 5.56 Å². The van der Waals surface area contributed by atoms with Crippen LogP contribution in [0.2, 0.25) is 10.0 Å². The summed E-state index contributed by atoms with van der Waals surface area (Å²) in [5.41, 5.74) is 9.25. The predicted octanol–water partition coefficient (Wildman–Crippen LogP) is 3.76. The SMILES string of the molecule is NC(N)=NC(=O)c1ccc(-n2cnc3cc(Cl)c(Cl)cc32)c(C(F)(F)F)c1. The number of rotatable bonds is 2. The maximum atomic E-state index is 13.6. The summed E-state index contributed by atoms with van der Waals surface area (Å²) in [5.74, 6) is -1.54. The third kappa shape index (κ3) is 3.69. The van der Waals surface area contributed by atoms with Crippen molar-refractivity contribution in [3.8, 4) is 5.69 Å². The molecule has 0 fully saturated rings. The number of imidazole rings is 1. The van der Waals surface area contributed by atoms with Crippen molar-refractivity contribution < 1.29 is 18.0 Å². The third-order valence-electron chi connectivity index (χ3n) is 3.63. The fourth-order valence-electron chi connectivity index (χ4n) is 2.48. The van der Waals surface area contributed by atoms with Crippen LogP contribution in [0.15, 0.2) is 41.7 Å². The van der Waals surface area contributed by atoms with Crippen LogP contribution in [-0.2, 0) is 6.18 Å². The highest BCUT2D eigenvalue weighted by Gasteiger charge is 2.35. The molecule has 3 aromatic rings. The molecule has 2 aromatic carbocycles. The first-order chi connectivity index (χ1) is 12.6. The van der Waals surface area contributed by atoms with Crippen molar-refractivity contribution >= 4 is 46.1 Å². The van der Waals surface area contributed by atoms with E-state index in [1.807, 2.05) is 0 Å². The third-order valence-corrected chi connectivity index (χ3v) is 4.35. The van der Waals surface area contributed by atoms with Gasteiger partial charge in [0.25, 0.3) is 5.91 Å². The van der Waals surface area contributed by atoms with Gasteiger partial charge in [0.1, 0.15) is 6.33 Å². The van der Waals surface area contributed by atoms with Gasteiger partial charge in [-0.25, -0.2) is 4.98 Å². The fraction of sp³-hybridized carbons (Fsp3) is 0.0625. The van der Waals surface area contributed by atoms with E-state index in [4.69, 9.17) is 34.7 Å². The average molecular weight is 416 g/mol. The Kier molecular flexibility index (Phi) is 4.75. The van der Waals surface area contributed by atoms with Crippen molar-refractivity contribution in [1.29, 1.82) is 0 Å². The number of aliphatic imine (C=N–C) groups is 1. The van der Waals surface area contributed by atoms with Gasteiger partial charge in [0.05, 0.1) is 32.3 Å². The zero-order valence-electron chi connectivity index (χ0n) is 13.3. The first-order valence-electron chi connectivity index (χ1n) is 7.25. The maximum Gasteiger partial charge on any atom is 0.418 e. The number of fused-ring (bicyclic) bond motifs is 1. The Balaban J connectivity index is 2.23. The first-order valence-corrected chi connectivity index (χ1v) is 8.01. The molecule has 0 bridgehead atoms. The smallest absolute Gasteiger partial charge is 0.370 e. The molecular weight excluding hydrogens is 406 g/mol. The predicted molar refractivity (Wildman–Crippen MR) is 96.2 cm³/mol. The number of benzene rings is 2. The van der Waals surface area contributed by atoms with E-state index in [1.54, 1.807) is 0 Å². The molecule has 1 heterocycles. The summed E-state index contributed by atoms with van der Waals surface area (Å²) >= 11 is 11.9. The van der Waals surface area contributed by atoms with Crippen molar-refractivity contribution in [1.82, 2.24) is 9.55 Å². The van der Waals surface area contributed by atoms with Gasteiger partial charge in [-0.1, -0.05) is 23.2 Å². The number of hydrogen-bond acceptors (Lipinski definition) is 2. The minimum absolute atomic E-state index is 0.166. The van der Waals surface area contributed by atoms with Gasteiger partial charge in [-0.2, -0.15) is 18.2 Å². The van der Waals surface area contributed by atoms with Crippen LogP contribution in [0.3, 0.4) is 0 Å². The Morgan fingerprint density at radius 3 is 2.41 bits per heavy atom. The Morgan fingerprint density at radius 2 is 1.78 bits per heavy atom. The largest absolute Gasteiger partial charge is 0.418 e. The van der Waals surface area contributed by atoms with Gasteiger partial charge in [-0.15, -0.1) is 0 Å². The summed E-state index contributed by atoms with van der Waals surface area (Å²) in [6.45, 7) is 0. The number of alkyl halides is 3. The van der Waals surface area contributed by atoms with E-state index in [9.17, 15) is 18.0 Å². The molecule has 11 heteroatoms. The molecule has 0 atom stereocenters. The normalized spacial score (nSPS) is 11.6. The van der Waals surface area contributed by atoms with Gasteiger partial charge >= 0.3 is 6.18 Å². The monoisotopic (exact) mass is 415 g/mol. The minimum Gasteiger partial charge on any atom is -0.370 e. The van der Waals surface area contributed by atoms with Crippen LogP contribution in [0.25, 0.3) is 16.7 Å². The number of carbonyl (C=O) groups is 1. The fourth-order valence-corrected chi connectivity index (χ4v) is 2.80. The van der Waals surface area contributed by atoms with Crippen LogP contribution in [0.4, 0.5) is 13.2 Å². The van der Waals surface area contributed by atoms with Gasteiger partial charge in [0.2, 0.25) is 0 Å². The summed E-state index contributed by atoms with van der Waals surface area (Å²) in [5, 5.41) is 0.391. The van der Waals surface area contributed by atoms with Crippen molar-refractivity contribution in [2.24, 2.45) is 16.5 Å². The van der Waals surface area contributed by atoms with E-state index in [0.717, 1.165) is 6.07 Å². The summed E-state index contributed by atoms with van der Waals surface area (Å²) in [6.07, 6.45) is -3.55.